The monoisotopic (exact) mass is 249 g/mol. The van der Waals surface area contributed by atoms with Crippen LogP contribution in [0.2, 0.25) is 5.15 Å². The van der Waals surface area contributed by atoms with Gasteiger partial charge >= 0.3 is 0 Å². The number of carbonyl (C=O) groups excluding carboxylic acids is 1. The lowest BCUT2D eigenvalue weighted by Gasteiger charge is -2.07. The molecular weight excluding hydrogens is 238 g/mol. The van der Waals surface area contributed by atoms with Crippen LogP contribution < -0.4 is 5.32 Å². The van der Waals surface area contributed by atoms with Crippen LogP contribution in [0.5, 0.6) is 0 Å². The van der Waals surface area contributed by atoms with Crippen LogP contribution in [0.4, 0.5) is 5.69 Å². The lowest BCUT2D eigenvalue weighted by Crippen LogP contribution is -2.15. The summed E-state index contributed by atoms with van der Waals surface area (Å²) in [5.41, 5.74) is 2.06. The number of amides is 1. The van der Waals surface area contributed by atoms with Gasteiger partial charge in [-0.2, -0.15) is 0 Å². The Hall–Kier alpha value is -1.81. The molecular formula is C12H12ClN3O. The molecule has 2 rings (SSSR count). The van der Waals surface area contributed by atoms with Gasteiger partial charge < -0.3 is 9.88 Å². The third-order valence-electron chi connectivity index (χ3n) is 2.45. The normalized spacial score (nSPS) is 10.3. The highest BCUT2D eigenvalue weighted by Gasteiger charge is 2.09. The Balaban J connectivity index is 2.19. The molecule has 5 heteroatoms. The molecule has 88 valence electrons. The smallest absolute Gasteiger partial charge is 0.272 e. The summed E-state index contributed by atoms with van der Waals surface area (Å²) in [7, 11) is 1.82. The lowest BCUT2D eigenvalue weighted by molar-refractivity contribution is 0.101. The van der Waals surface area contributed by atoms with Crippen LogP contribution in [-0.4, -0.2) is 15.5 Å². The third-order valence-corrected chi connectivity index (χ3v) is 2.84. The predicted octanol–water partition coefficient (Wildman–Crippen LogP) is 2.63. The molecule has 1 amide bonds. The maximum Gasteiger partial charge on any atom is 0.272 e. The van der Waals surface area contributed by atoms with Crippen LogP contribution in [0.25, 0.3) is 0 Å². The molecule has 0 aliphatic rings. The van der Waals surface area contributed by atoms with Crippen molar-refractivity contribution in [2.24, 2.45) is 7.05 Å². The van der Waals surface area contributed by atoms with Gasteiger partial charge in [0.2, 0.25) is 0 Å². The Kier molecular flexibility index (Phi) is 3.15. The Morgan fingerprint density at radius 3 is 2.88 bits per heavy atom. The van der Waals surface area contributed by atoms with Crippen LogP contribution in [0, 0.1) is 6.92 Å². The van der Waals surface area contributed by atoms with Gasteiger partial charge in [0.05, 0.1) is 11.9 Å². The number of nitrogens with one attached hydrogen (secondary N) is 1. The van der Waals surface area contributed by atoms with E-state index in [2.05, 4.69) is 10.3 Å². The van der Waals surface area contributed by atoms with Gasteiger partial charge in [0.15, 0.2) is 0 Å². The first-order valence-electron chi connectivity index (χ1n) is 5.13. The van der Waals surface area contributed by atoms with Crippen molar-refractivity contribution in [3.8, 4) is 0 Å². The van der Waals surface area contributed by atoms with Gasteiger partial charge in [-0.25, -0.2) is 4.98 Å². The fraction of sp³-hybridized carbons (Fsp3) is 0.167. The van der Waals surface area contributed by atoms with E-state index in [1.54, 1.807) is 16.7 Å². The SMILES string of the molecule is Cc1cc(NC(=O)c2cccn2C)cnc1Cl. The zero-order chi connectivity index (χ0) is 12.4. The van der Waals surface area contributed by atoms with Gasteiger partial charge in [0.1, 0.15) is 10.8 Å². The van der Waals surface area contributed by atoms with Gasteiger partial charge in [0, 0.05) is 13.2 Å². The average molecular weight is 250 g/mol. The summed E-state index contributed by atoms with van der Waals surface area (Å²) in [4.78, 5) is 15.9. The van der Waals surface area contributed by atoms with Gasteiger partial charge in [-0.05, 0) is 30.7 Å². The maximum absolute atomic E-state index is 11.9. The third kappa shape index (κ3) is 2.47. The Morgan fingerprint density at radius 2 is 2.29 bits per heavy atom. The fourth-order valence-electron chi connectivity index (χ4n) is 1.52. The largest absolute Gasteiger partial charge is 0.347 e. The van der Waals surface area contributed by atoms with Crippen LogP contribution >= 0.6 is 11.6 Å². The summed E-state index contributed by atoms with van der Waals surface area (Å²) < 4.78 is 1.76. The van der Waals surface area contributed by atoms with Crippen molar-refractivity contribution in [3.05, 3.63) is 47.0 Å². The summed E-state index contributed by atoms with van der Waals surface area (Å²) >= 11 is 5.81. The van der Waals surface area contributed by atoms with E-state index in [0.717, 1.165) is 5.56 Å². The molecule has 0 aliphatic heterocycles. The van der Waals surface area contributed by atoms with Crippen molar-refractivity contribution in [2.75, 3.05) is 5.32 Å². The molecule has 17 heavy (non-hydrogen) atoms. The summed E-state index contributed by atoms with van der Waals surface area (Å²) in [6.07, 6.45) is 3.36. The van der Waals surface area contributed by atoms with Crippen molar-refractivity contribution in [1.29, 1.82) is 0 Å². The quantitative estimate of drug-likeness (QED) is 0.832. The topological polar surface area (TPSA) is 46.9 Å². The van der Waals surface area contributed by atoms with Crippen molar-refractivity contribution >= 4 is 23.2 Å². The molecule has 2 aromatic rings. The lowest BCUT2D eigenvalue weighted by atomic mass is 10.3. The molecule has 0 spiro atoms. The zero-order valence-corrected chi connectivity index (χ0v) is 10.3. The van der Waals surface area contributed by atoms with E-state index in [9.17, 15) is 4.79 Å². The number of hydrogen-bond acceptors (Lipinski definition) is 2. The summed E-state index contributed by atoms with van der Waals surface area (Å²) in [6, 6.07) is 5.36. The molecule has 0 aromatic carbocycles. The Labute approximate surface area is 104 Å². The van der Waals surface area contributed by atoms with Crippen LogP contribution in [0.15, 0.2) is 30.6 Å². The molecule has 0 aliphatic carbocycles. The van der Waals surface area contributed by atoms with E-state index in [4.69, 9.17) is 11.6 Å². The first kappa shape index (κ1) is 11.7. The molecule has 0 unspecified atom stereocenters. The highest BCUT2D eigenvalue weighted by molar-refractivity contribution is 6.30. The van der Waals surface area contributed by atoms with E-state index < -0.39 is 0 Å². The molecule has 0 saturated carbocycles. The molecule has 0 fully saturated rings. The van der Waals surface area contributed by atoms with Crippen molar-refractivity contribution < 1.29 is 4.79 Å². The molecule has 0 bridgehead atoms. The molecule has 0 atom stereocenters. The minimum Gasteiger partial charge on any atom is -0.347 e. The standard InChI is InChI=1S/C12H12ClN3O/c1-8-6-9(7-14-11(8)13)15-12(17)10-4-3-5-16(10)2/h3-7H,1-2H3,(H,15,17). The van der Waals surface area contributed by atoms with Crippen molar-refractivity contribution in [2.45, 2.75) is 6.92 Å². The number of halogens is 1. The Morgan fingerprint density at radius 1 is 1.53 bits per heavy atom. The second-order valence-corrected chi connectivity index (χ2v) is 4.15. The van der Waals surface area contributed by atoms with E-state index in [-0.39, 0.29) is 5.91 Å². The summed E-state index contributed by atoms with van der Waals surface area (Å²) in [6.45, 7) is 1.84. The average Bonchev–Trinajstić information content (AvgIpc) is 2.70. The first-order valence-corrected chi connectivity index (χ1v) is 5.50. The van der Waals surface area contributed by atoms with E-state index in [1.807, 2.05) is 26.2 Å². The maximum atomic E-state index is 11.9. The second-order valence-electron chi connectivity index (χ2n) is 3.79. The number of anilines is 1. The number of rotatable bonds is 2. The van der Waals surface area contributed by atoms with Crippen LogP contribution in [0.3, 0.4) is 0 Å². The number of nitrogens with zero attached hydrogens (tertiary/aromatic N) is 2. The number of aromatic nitrogens is 2. The Bertz CT molecular complexity index is 563. The van der Waals surface area contributed by atoms with Gasteiger partial charge in [-0.1, -0.05) is 11.6 Å². The summed E-state index contributed by atoms with van der Waals surface area (Å²) in [5, 5.41) is 3.22. The number of pyridine rings is 1. The highest BCUT2D eigenvalue weighted by Crippen LogP contribution is 2.16. The molecule has 0 saturated heterocycles. The minimum absolute atomic E-state index is 0.166. The molecule has 0 radical (unpaired) electrons. The van der Waals surface area contributed by atoms with Crippen molar-refractivity contribution in [1.82, 2.24) is 9.55 Å². The van der Waals surface area contributed by atoms with E-state index in [1.165, 1.54) is 6.20 Å². The predicted molar refractivity (Wildman–Crippen MR) is 67.4 cm³/mol. The minimum atomic E-state index is -0.166. The summed E-state index contributed by atoms with van der Waals surface area (Å²) in [5.74, 6) is -0.166. The number of carbonyl (C=O) groups is 1. The molecule has 2 aromatic heterocycles. The van der Waals surface area contributed by atoms with Gasteiger partial charge in [-0.15, -0.1) is 0 Å². The van der Waals surface area contributed by atoms with Crippen LogP contribution in [-0.2, 0) is 7.05 Å². The molecule has 2 heterocycles. The molecule has 4 nitrogen and oxygen atoms in total. The fourth-order valence-corrected chi connectivity index (χ4v) is 1.62. The zero-order valence-electron chi connectivity index (χ0n) is 9.57. The highest BCUT2D eigenvalue weighted by atomic mass is 35.5. The van der Waals surface area contributed by atoms with Crippen molar-refractivity contribution in [3.63, 3.8) is 0 Å². The second kappa shape index (κ2) is 4.59. The van der Waals surface area contributed by atoms with Crippen LogP contribution in [0.1, 0.15) is 16.1 Å². The number of aryl methyl sites for hydroxylation is 2. The van der Waals surface area contributed by atoms with Gasteiger partial charge in [0.25, 0.3) is 5.91 Å². The van der Waals surface area contributed by atoms with Gasteiger partial charge in [-0.3, -0.25) is 4.79 Å². The van der Waals surface area contributed by atoms with E-state index >= 15 is 0 Å². The first-order chi connectivity index (χ1) is 8.08. The van der Waals surface area contributed by atoms with E-state index in [0.29, 0.717) is 16.5 Å². The number of hydrogen-bond donors (Lipinski definition) is 1. The molecule has 1 N–H and O–H groups in total.